The number of aliphatic hydroxyl groups excluding tert-OH is 2. The maximum Gasteiger partial charge on any atom is 0.181 e. The SMILES string of the molecule is C[C@H]1OC(C)(O)[C@H](N)[C@@H](O)[C@H]1O. The molecule has 0 amide bonds. The Labute approximate surface area is 70.8 Å². The highest BCUT2D eigenvalue weighted by molar-refractivity contribution is 4.95. The third-order valence-electron chi connectivity index (χ3n) is 2.24. The van der Waals surface area contributed by atoms with Gasteiger partial charge < -0.3 is 25.8 Å². The van der Waals surface area contributed by atoms with Gasteiger partial charge in [0.1, 0.15) is 12.2 Å². The molecule has 5 atom stereocenters. The van der Waals surface area contributed by atoms with Crippen LogP contribution in [0.5, 0.6) is 0 Å². The number of ether oxygens (including phenoxy) is 1. The van der Waals surface area contributed by atoms with Crippen molar-refractivity contribution < 1.29 is 20.1 Å². The summed E-state index contributed by atoms with van der Waals surface area (Å²) in [6.07, 6.45) is -2.81. The Balaban J connectivity index is 2.78. The molecule has 1 rings (SSSR count). The van der Waals surface area contributed by atoms with E-state index < -0.39 is 30.1 Å². The van der Waals surface area contributed by atoms with Gasteiger partial charge in [0.15, 0.2) is 5.79 Å². The number of nitrogens with two attached hydrogens (primary N) is 1. The summed E-state index contributed by atoms with van der Waals surface area (Å²) >= 11 is 0. The quantitative estimate of drug-likeness (QED) is 0.349. The van der Waals surface area contributed by atoms with Gasteiger partial charge in [-0.2, -0.15) is 0 Å². The van der Waals surface area contributed by atoms with Gasteiger partial charge in [-0.05, 0) is 13.8 Å². The molecule has 0 radical (unpaired) electrons. The molecule has 1 fully saturated rings. The van der Waals surface area contributed by atoms with E-state index in [1.807, 2.05) is 0 Å². The zero-order valence-corrected chi connectivity index (χ0v) is 7.14. The van der Waals surface area contributed by atoms with E-state index in [1.54, 1.807) is 6.92 Å². The van der Waals surface area contributed by atoms with Crippen LogP contribution in [0.2, 0.25) is 0 Å². The summed E-state index contributed by atoms with van der Waals surface area (Å²) in [4.78, 5) is 0. The molecule has 0 aromatic heterocycles. The minimum Gasteiger partial charge on any atom is -0.388 e. The van der Waals surface area contributed by atoms with E-state index in [-0.39, 0.29) is 0 Å². The zero-order valence-electron chi connectivity index (χ0n) is 7.14. The predicted octanol–water partition coefficient (Wildman–Crippen LogP) is -1.84. The van der Waals surface area contributed by atoms with Crippen molar-refractivity contribution in [1.29, 1.82) is 0 Å². The molecule has 12 heavy (non-hydrogen) atoms. The monoisotopic (exact) mass is 177 g/mol. The standard InChI is InChI=1S/C7H15NO4/c1-3-4(9)5(10)6(8)7(2,11)12-3/h3-6,9-11H,8H2,1-2H3/t3-,4+,5+,6-,7?/m1/s1. The van der Waals surface area contributed by atoms with Crippen molar-refractivity contribution in [3.63, 3.8) is 0 Å². The molecule has 0 aromatic rings. The molecule has 1 heterocycles. The van der Waals surface area contributed by atoms with E-state index in [9.17, 15) is 15.3 Å². The van der Waals surface area contributed by atoms with Crippen LogP contribution in [-0.4, -0.2) is 45.5 Å². The van der Waals surface area contributed by atoms with Crippen molar-refractivity contribution in [3.8, 4) is 0 Å². The summed E-state index contributed by atoms with van der Waals surface area (Å²) < 4.78 is 4.99. The largest absolute Gasteiger partial charge is 0.388 e. The Hall–Kier alpha value is -0.200. The van der Waals surface area contributed by atoms with Crippen molar-refractivity contribution in [1.82, 2.24) is 0 Å². The topological polar surface area (TPSA) is 95.9 Å². The van der Waals surface area contributed by atoms with Crippen LogP contribution >= 0.6 is 0 Å². The van der Waals surface area contributed by atoms with E-state index in [0.717, 1.165) is 0 Å². The lowest BCUT2D eigenvalue weighted by Gasteiger charge is -2.43. The van der Waals surface area contributed by atoms with Gasteiger partial charge in [-0.25, -0.2) is 0 Å². The summed E-state index contributed by atoms with van der Waals surface area (Å²) in [6.45, 7) is 2.93. The average molecular weight is 177 g/mol. The van der Waals surface area contributed by atoms with Crippen molar-refractivity contribution in [2.75, 3.05) is 0 Å². The number of aliphatic hydroxyl groups is 3. The third kappa shape index (κ3) is 1.46. The minimum absolute atomic E-state index is 0.616. The van der Waals surface area contributed by atoms with Gasteiger partial charge in [0, 0.05) is 0 Å². The molecule has 72 valence electrons. The van der Waals surface area contributed by atoms with Gasteiger partial charge in [-0.3, -0.25) is 0 Å². The first-order valence-corrected chi connectivity index (χ1v) is 3.88. The fraction of sp³-hybridized carbons (Fsp3) is 1.00. The predicted molar refractivity (Wildman–Crippen MR) is 41.2 cm³/mol. The minimum atomic E-state index is -1.57. The van der Waals surface area contributed by atoms with Crippen molar-refractivity contribution >= 4 is 0 Å². The fourth-order valence-electron chi connectivity index (χ4n) is 1.33. The molecule has 5 N–H and O–H groups in total. The summed E-state index contributed by atoms with van der Waals surface area (Å²) in [7, 11) is 0. The maximum absolute atomic E-state index is 9.48. The molecule has 1 aliphatic heterocycles. The molecule has 0 aromatic carbocycles. The molecule has 1 aliphatic rings. The maximum atomic E-state index is 9.48. The Morgan fingerprint density at radius 1 is 1.33 bits per heavy atom. The van der Waals surface area contributed by atoms with Crippen LogP contribution in [-0.2, 0) is 4.74 Å². The number of hydrogen-bond donors (Lipinski definition) is 4. The summed E-state index contributed by atoms with van der Waals surface area (Å²) in [6, 6.07) is -0.983. The number of hydrogen-bond acceptors (Lipinski definition) is 5. The lowest BCUT2D eigenvalue weighted by Crippen LogP contribution is -2.65. The lowest BCUT2D eigenvalue weighted by molar-refractivity contribution is -0.296. The molecular formula is C7H15NO4. The first-order valence-electron chi connectivity index (χ1n) is 3.88. The molecule has 1 saturated heterocycles. The molecule has 5 nitrogen and oxygen atoms in total. The first-order chi connectivity index (χ1) is 5.36. The van der Waals surface area contributed by atoms with E-state index in [0.29, 0.717) is 0 Å². The molecule has 0 spiro atoms. The fourth-order valence-corrected chi connectivity index (χ4v) is 1.33. The highest BCUT2D eigenvalue weighted by Gasteiger charge is 2.47. The molecule has 0 saturated carbocycles. The van der Waals surface area contributed by atoms with Gasteiger partial charge in [0.2, 0.25) is 0 Å². The van der Waals surface area contributed by atoms with Gasteiger partial charge in [0.05, 0.1) is 12.1 Å². The Bertz CT molecular complexity index is 173. The second-order valence-corrected chi connectivity index (χ2v) is 3.38. The Morgan fingerprint density at radius 2 is 1.83 bits per heavy atom. The van der Waals surface area contributed by atoms with E-state index >= 15 is 0 Å². The summed E-state index contributed by atoms with van der Waals surface area (Å²) in [5.74, 6) is -1.57. The van der Waals surface area contributed by atoms with Crippen LogP contribution < -0.4 is 5.73 Å². The molecule has 0 aliphatic carbocycles. The highest BCUT2D eigenvalue weighted by Crippen LogP contribution is 2.25. The van der Waals surface area contributed by atoms with Crippen molar-refractivity contribution in [2.24, 2.45) is 5.73 Å². The smallest absolute Gasteiger partial charge is 0.181 e. The van der Waals surface area contributed by atoms with Crippen molar-refractivity contribution in [2.45, 2.75) is 44.0 Å². The van der Waals surface area contributed by atoms with E-state index in [1.165, 1.54) is 6.92 Å². The van der Waals surface area contributed by atoms with E-state index in [2.05, 4.69) is 0 Å². The highest BCUT2D eigenvalue weighted by atomic mass is 16.6. The van der Waals surface area contributed by atoms with Crippen LogP contribution in [0.25, 0.3) is 0 Å². The summed E-state index contributed by atoms with van der Waals surface area (Å²) in [5, 5.41) is 28.1. The third-order valence-corrected chi connectivity index (χ3v) is 2.24. The first kappa shape index (κ1) is 9.88. The van der Waals surface area contributed by atoms with Crippen LogP contribution in [0.3, 0.4) is 0 Å². The Morgan fingerprint density at radius 3 is 2.33 bits per heavy atom. The van der Waals surface area contributed by atoms with Gasteiger partial charge >= 0.3 is 0 Å². The van der Waals surface area contributed by atoms with Gasteiger partial charge in [-0.15, -0.1) is 0 Å². The number of rotatable bonds is 0. The van der Waals surface area contributed by atoms with Crippen LogP contribution in [0.15, 0.2) is 0 Å². The normalized spacial score (nSPS) is 55.5. The van der Waals surface area contributed by atoms with Gasteiger partial charge in [-0.1, -0.05) is 0 Å². The van der Waals surface area contributed by atoms with Crippen LogP contribution in [0.4, 0.5) is 0 Å². The Kier molecular flexibility index (Phi) is 2.42. The van der Waals surface area contributed by atoms with Crippen LogP contribution in [0.1, 0.15) is 13.8 Å². The molecule has 5 heteroatoms. The second kappa shape index (κ2) is 2.93. The molecule has 1 unspecified atom stereocenters. The van der Waals surface area contributed by atoms with Crippen LogP contribution in [0, 0.1) is 0 Å². The van der Waals surface area contributed by atoms with Crippen molar-refractivity contribution in [3.05, 3.63) is 0 Å². The molecule has 0 bridgehead atoms. The molecular weight excluding hydrogens is 162 g/mol. The zero-order chi connectivity index (χ0) is 9.52. The second-order valence-electron chi connectivity index (χ2n) is 3.38. The lowest BCUT2D eigenvalue weighted by atomic mass is 9.92. The van der Waals surface area contributed by atoms with Gasteiger partial charge in [0.25, 0.3) is 0 Å². The average Bonchev–Trinajstić information content (AvgIpc) is 1.97. The van der Waals surface area contributed by atoms with E-state index in [4.69, 9.17) is 10.5 Å². The summed E-state index contributed by atoms with van der Waals surface area (Å²) in [5.41, 5.74) is 5.42.